The van der Waals surface area contributed by atoms with Crippen molar-refractivity contribution >= 4 is 20.0 Å². The van der Waals surface area contributed by atoms with Gasteiger partial charge in [0.05, 0.1) is 9.79 Å². The van der Waals surface area contributed by atoms with Gasteiger partial charge in [-0.05, 0) is 49.2 Å². The van der Waals surface area contributed by atoms with Crippen LogP contribution in [-0.4, -0.2) is 38.5 Å². The van der Waals surface area contributed by atoms with Gasteiger partial charge in [0.2, 0.25) is 20.0 Å². The molecule has 4 heterocycles. The van der Waals surface area contributed by atoms with E-state index in [1.165, 1.54) is 8.61 Å². The second-order valence-electron chi connectivity index (χ2n) is 9.41. The summed E-state index contributed by atoms with van der Waals surface area (Å²) in [4.78, 5) is 0.700. The molecule has 10 heteroatoms. The Kier molecular flexibility index (Phi) is 5.98. The average Bonchev–Trinajstić information content (AvgIpc) is 3.21. The van der Waals surface area contributed by atoms with E-state index in [1.807, 2.05) is 48.5 Å². The third-order valence-electron chi connectivity index (χ3n) is 7.16. The summed E-state index contributed by atoms with van der Waals surface area (Å²) < 4.78 is 56.5. The highest BCUT2D eigenvalue weighted by molar-refractivity contribution is 7.89. The van der Waals surface area contributed by atoms with E-state index in [4.69, 9.17) is 0 Å². The number of rotatable bonds is 0. The van der Waals surface area contributed by atoms with Crippen molar-refractivity contribution in [3.8, 4) is 0 Å². The van der Waals surface area contributed by atoms with E-state index in [0.29, 0.717) is 22.9 Å². The highest BCUT2D eigenvalue weighted by Gasteiger charge is 2.43. The maximum absolute atomic E-state index is 13.4. The monoisotopic (exact) mass is 524 g/mol. The molecule has 0 saturated heterocycles. The summed E-state index contributed by atoms with van der Waals surface area (Å²) in [5, 5.41) is 6.91. The molecule has 7 rings (SSSR count). The highest BCUT2D eigenvalue weighted by Crippen LogP contribution is 2.40. The normalized spacial score (nSPS) is 25.6. The lowest BCUT2D eigenvalue weighted by Gasteiger charge is -2.27. The quantitative estimate of drug-likeness (QED) is 0.469. The van der Waals surface area contributed by atoms with Crippen molar-refractivity contribution in [3.63, 3.8) is 0 Å². The molecule has 0 spiro atoms. The molecule has 3 aromatic rings. The maximum atomic E-state index is 13.4. The topological polar surface area (TPSA) is 98.8 Å². The molecule has 0 aromatic heterocycles. The van der Waals surface area contributed by atoms with Crippen LogP contribution in [0.3, 0.4) is 0 Å². The highest BCUT2D eigenvalue weighted by atomic mass is 32.2. The van der Waals surface area contributed by atoms with Crippen molar-refractivity contribution in [2.45, 2.75) is 48.1 Å². The van der Waals surface area contributed by atoms with Crippen LogP contribution in [0.4, 0.5) is 0 Å². The van der Waals surface area contributed by atoms with Crippen LogP contribution in [-0.2, 0) is 33.1 Å². The van der Waals surface area contributed by atoms with E-state index in [0.717, 1.165) is 35.1 Å². The van der Waals surface area contributed by atoms with Crippen LogP contribution in [0.5, 0.6) is 0 Å². The first kappa shape index (κ1) is 23.8. The number of hydrogen-bond donors (Lipinski definition) is 2. The molecule has 4 aliphatic heterocycles. The van der Waals surface area contributed by atoms with Gasteiger partial charge in [0, 0.05) is 24.2 Å². The van der Waals surface area contributed by atoms with Gasteiger partial charge in [-0.15, -0.1) is 0 Å². The first-order chi connectivity index (χ1) is 17.4. The largest absolute Gasteiger partial charge is 0.297 e. The van der Waals surface area contributed by atoms with Gasteiger partial charge in [-0.1, -0.05) is 60.7 Å². The Bertz CT molecular complexity index is 1390. The molecule has 2 N–H and O–H groups in total. The van der Waals surface area contributed by atoms with Gasteiger partial charge in [0.25, 0.3) is 0 Å². The van der Waals surface area contributed by atoms with Crippen LogP contribution in [0, 0.1) is 0 Å². The molecule has 188 valence electrons. The number of sulfonamides is 2. The Morgan fingerprint density at radius 3 is 1.39 bits per heavy atom. The number of benzene rings is 3. The third-order valence-corrected chi connectivity index (χ3v) is 10.9. The van der Waals surface area contributed by atoms with E-state index in [1.54, 1.807) is 24.3 Å². The van der Waals surface area contributed by atoms with Crippen molar-refractivity contribution in [2.75, 3.05) is 13.1 Å². The van der Waals surface area contributed by atoms with E-state index >= 15 is 0 Å². The van der Waals surface area contributed by atoms with Gasteiger partial charge in [-0.2, -0.15) is 8.61 Å². The van der Waals surface area contributed by atoms with Crippen LogP contribution >= 0.6 is 0 Å². The molecule has 0 aliphatic carbocycles. The van der Waals surface area contributed by atoms with E-state index < -0.39 is 32.4 Å². The summed E-state index contributed by atoms with van der Waals surface area (Å²) >= 11 is 0. The van der Waals surface area contributed by atoms with E-state index in [2.05, 4.69) is 10.6 Å². The van der Waals surface area contributed by atoms with Crippen molar-refractivity contribution in [1.82, 2.24) is 19.2 Å². The molecule has 3 aromatic carbocycles. The Balaban J connectivity index is 1.35. The van der Waals surface area contributed by atoms with Gasteiger partial charge in [-0.3, -0.25) is 10.6 Å². The average molecular weight is 525 g/mol. The molecule has 0 radical (unpaired) electrons. The molecular formula is C26H28N4O4S2. The summed E-state index contributed by atoms with van der Waals surface area (Å²) in [7, 11) is -7.26. The van der Waals surface area contributed by atoms with Crippen LogP contribution in [0.2, 0.25) is 0 Å². The predicted molar refractivity (Wildman–Crippen MR) is 136 cm³/mol. The minimum atomic E-state index is -3.63. The summed E-state index contributed by atoms with van der Waals surface area (Å²) in [6.45, 7) is 1.73. The molecular weight excluding hydrogens is 496 g/mol. The molecule has 4 aliphatic rings. The number of nitrogens with zero attached hydrogens (tertiary/aromatic N) is 2. The first-order valence-electron chi connectivity index (χ1n) is 12.1. The fourth-order valence-corrected chi connectivity index (χ4v) is 8.87. The smallest absolute Gasteiger partial charge is 0.245 e. The first-order valence-corrected chi connectivity index (χ1v) is 15.0. The molecule has 36 heavy (non-hydrogen) atoms. The lowest BCUT2D eigenvalue weighted by molar-refractivity contribution is 0.273. The SMILES string of the molecule is O=S1(=O)c2ccccc2[C@H]2NCCCCN[C@H]3c4ccccc4S(=O)(=O)N3Cc3ccc(cc3)CN21. The van der Waals surface area contributed by atoms with Crippen LogP contribution in [0.1, 0.15) is 47.4 Å². The van der Waals surface area contributed by atoms with Crippen LogP contribution < -0.4 is 10.6 Å². The van der Waals surface area contributed by atoms with Gasteiger partial charge >= 0.3 is 0 Å². The fraction of sp³-hybridized carbons (Fsp3) is 0.308. The fourth-order valence-electron chi connectivity index (χ4n) is 5.34. The minimum absolute atomic E-state index is 0.229. The van der Waals surface area contributed by atoms with Crippen LogP contribution in [0.15, 0.2) is 82.6 Å². The number of nitrogens with one attached hydrogen (secondary N) is 2. The zero-order valence-corrected chi connectivity index (χ0v) is 21.3. The van der Waals surface area contributed by atoms with Crippen LogP contribution in [0.25, 0.3) is 0 Å². The van der Waals surface area contributed by atoms with Crippen molar-refractivity contribution in [3.05, 3.63) is 95.1 Å². The Labute approximate surface area is 212 Å². The Morgan fingerprint density at radius 2 is 0.972 bits per heavy atom. The van der Waals surface area contributed by atoms with Crippen molar-refractivity contribution < 1.29 is 16.8 Å². The summed E-state index contributed by atoms with van der Waals surface area (Å²) in [6.07, 6.45) is 0.784. The molecule has 0 fully saturated rings. The third kappa shape index (κ3) is 3.89. The lowest BCUT2D eigenvalue weighted by Crippen LogP contribution is -2.38. The molecule has 0 amide bonds. The van der Waals surface area contributed by atoms with E-state index in [9.17, 15) is 16.8 Å². The minimum Gasteiger partial charge on any atom is -0.297 e. The summed E-state index contributed by atoms with van der Waals surface area (Å²) in [5.41, 5.74) is 3.24. The predicted octanol–water partition coefficient (Wildman–Crippen LogP) is 3.07. The molecule has 2 bridgehead atoms. The molecule has 8 nitrogen and oxygen atoms in total. The second kappa shape index (κ2) is 9.05. The van der Waals surface area contributed by atoms with E-state index in [-0.39, 0.29) is 13.1 Å². The lowest BCUT2D eigenvalue weighted by atomic mass is 10.1. The number of hydrogen-bond acceptors (Lipinski definition) is 6. The van der Waals surface area contributed by atoms with Crippen molar-refractivity contribution in [1.29, 1.82) is 0 Å². The molecule has 2 atom stereocenters. The molecule has 0 unspecified atom stereocenters. The van der Waals surface area contributed by atoms with Gasteiger partial charge in [-0.25, -0.2) is 16.8 Å². The maximum Gasteiger partial charge on any atom is 0.245 e. The summed E-state index contributed by atoms with van der Waals surface area (Å²) in [5.74, 6) is 0. The van der Waals surface area contributed by atoms with Gasteiger partial charge < -0.3 is 0 Å². The van der Waals surface area contributed by atoms with Gasteiger partial charge in [0.1, 0.15) is 12.3 Å². The zero-order chi connectivity index (χ0) is 24.9. The van der Waals surface area contributed by atoms with Crippen molar-refractivity contribution in [2.24, 2.45) is 0 Å². The summed E-state index contributed by atoms with van der Waals surface area (Å²) in [6, 6.07) is 21.9. The standard InChI is InChI=1S/C26H28N4O4S2/c31-35(32)23-9-3-1-7-21(23)25-27-15-5-6-16-28-26-22-8-2-4-10-24(22)36(33,34)30(26)18-20-13-11-19(12-14-20)17-29(25)35/h1-4,7-14,25-28H,5-6,15-18H2/t25-,26+. The van der Waals surface area contributed by atoms with Gasteiger partial charge in [0.15, 0.2) is 0 Å². The number of fused-ring (bicyclic) bond motifs is 9. The molecule has 0 saturated carbocycles. The zero-order valence-electron chi connectivity index (χ0n) is 19.7. The Hall–Kier alpha value is -2.60. The second-order valence-corrected chi connectivity index (χ2v) is 13.1. The Morgan fingerprint density at radius 1 is 0.583 bits per heavy atom.